The van der Waals surface area contributed by atoms with Gasteiger partial charge < -0.3 is 9.32 Å². The van der Waals surface area contributed by atoms with Crippen LogP contribution in [0, 0.1) is 0 Å². The summed E-state index contributed by atoms with van der Waals surface area (Å²) in [6.45, 7) is 0.640. The first-order valence-corrected chi connectivity index (χ1v) is 5.88. The van der Waals surface area contributed by atoms with E-state index in [1.165, 1.54) is 0 Å². The highest BCUT2D eigenvalue weighted by atomic mass is 79.9. The number of furan rings is 1. The van der Waals surface area contributed by atoms with Gasteiger partial charge in [-0.1, -0.05) is 11.6 Å². The highest BCUT2D eigenvalue weighted by Gasteiger charge is 2.09. The molecule has 0 bridgehead atoms. The van der Waals surface area contributed by atoms with Gasteiger partial charge in [-0.15, -0.1) is 0 Å². The molecular formula is C11H10BrClN2O. The van der Waals surface area contributed by atoms with Gasteiger partial charge in [0.15, 0.2) is 0 Å². The number of hydrogen-bond donors (Lipinski definition) is 0. The summed E-state index contributed by atoms with van der Waals surface area (Å²) in [5.41, 5.74) is 0. The topological polar surface area (TPSA) is 29.3 Å². The molecular weight excluding hydrogens is 291 g/mol. The third-order valence-electron chi connectivity index (χ3n) is 2.12. The largest absolute Gasteiger partial charge is 0.467 e. The Balaban J connectivity index is 2.17. The van der Waals surface area contributed by atoms with E-state index < -0.39 is 0 Å². The molecule has 0 spiro atoms. The lowest BCUT2D eigenvalue weighted by Gasteiger charge is -2.17. The van der Waals surface area contributed by atoms with Crippen LogP contribution >= 0.6 is 27.5 Å². The summed E-state index contributed by atoms with van der Waals surface area (Å²) in [5.74, 6) is 1.62. The summed E-state index contributed by atoms with van der Waals surface area (Å²) in [4.78, 5) is 6.20. The van der Waals surface area contributed by atoms with Crippen molar-refractivity contribution in [1.82, 2.24) is 4.98 Å². The number of aromatic nitrogens is 1. The lowest BCUT2D eigenvalue weighted by molar-refractivity contribution is 0.507. The van der Waals surface area contributed by atoms with Crippen LogP contribution in [0.2, 0.25) is 5.02 Å². The van der Waals surface area contributed by atoms with Crippen LogP contribution in [0.5, 0.6) is 0 Å². The minimum absolute atomic E-state index is 0.614. The second-order valence-corrected chi connectivity index (χ2v) is 4.72. The van der Waals surface area contributed by atoms with E-state index in [-0.39, 0.29) is 0 Å². The average Bonchev–Trinajstić information content (AvgIpc) is 2.70. The molecule has 0 aliphatic carbocycles. The van der Waals surface area contributed by atoms with Gasteiger partial charge in [0, 0.05) is 17.7 Å². The van der Waals surface area contributed by atoms with E-state index in [1.807, 2.05) is 30.1 Å². The predicted molar refractivity (Wildman–Crippen MR) is 67.8 cm³/mol. The van der Waals surface area contributed by atoms with Crippen molar-refractivity contribution in [2.45, 2.75) is 6.54 Å². The van der Waals surface area contributed by atoms with E-state index >= 15 is 0 Å². The highest BCUT2D eigenvalue weighted by Crippen LogP contribution is 2.26. The molecule has 0 N–H and O–H groups in total. The molecule has 84 valence electrons. The van der Waals surface area contributed by atoms with Crippen LogP contribution in [0.1, 0.15) is 5.76 Å². The van der Waals surface area contributed by atoms with Crippen molar-refractivity contribution in [2.24, 2.45) is 0 Å². The van der Waals surface area contributed by atoms with Crippen molar-refractivity contribution in [2.75, 3.05) is 11.9 Å². The maximum Gasteiger partial charge on any atom is 0.147 e. The van der Waals surface area contributed by atoms with Gasteiger partial charge in [0.25, 0.3) is 0 Å². The van der Waals surface area contributed by atoms with Crippen molar-refractivity contribution in [3.8, 4) is 0 Å². The third-order valence-corrected chi connectivity index (χ3v) is 2.83. The summed E-state index contributed by atoms with van der Waals surface area (Å²) in [6, 6.07) is 5.60. The van der Waals surface area contributed by atoms with E-state index in [9.17, 15) is 0 Å². The van der Waals surface area contributed by atoms with Gasteiger partial charge >= 0.3 is 0 Å². The molecule has 0 unspecified atom stereocenters. The second-order valence-electron chi connectivity index (χ2n) is 3.39. The summed E-state index contributed by atoms with van der Waals surface area (Å²) in [6.07, 6.45) is 3.37. The number of hydrogen-bond acceptors (Lipinski definition) is 3. The summed E-state index contributed by atoms with van der Waals surface area (Å²) >= 11 is 9.42. The average molecular weight is 302 g/mol. The van der Waals surface area contributed by atoms with Crippen LogP contribution < -0.4 is 4.90 Å². The van der Waals surface area contributed by atoms with Crippen LogP contribution in [0.3, 0.4) is 0 Å². The lowest BCUT2D eigenvalue weighted by atomic mass is 10.4. The summed E-state index contributed by atoms with van der Waals surface area (Å²) in [7, 11) is 1.92. The highest BCUT2D eigenvalue weighted by molar-refractivity contribution is 9.10. The molecule has 2 rings (SSSR count). The molecule has 0 aliphatic heterocycles. The Morgan fingerprint density at radius 3 is 3.00 bits per heavy atom. The Labute approximate surface area is 107 Å². The number of pyridine rings is 1. The standard InChI is InChI=1S/C11H10BrClN2O/c1-15(7-9-3-2-4-16-9)11-10(13)5-8(12)6-14-11/h2-6H,7H2,1H3. The van der Waals surface area contributed by atoms with Gasteiger partial charge in [-0.2, -0.15) is 0 Å². The second kappa shape index (κ2) is 4.89. The molecule has 0 aliphatic rings. The van der Waals surface area contributed by atoms with Crippen LogP contribution in [0.4, 0.5) is 5.82 Å². The first-order chi connectivity index (χ1) is 7.66. The molecule has 0 radical (unpaired) electrons. The van der Waals surface area contributed by atoms with Crippen LogP contribution in [-0.4, -0.2) is 12.0 Å². The maximum atomic E-state index is 6.10. The van der Waals surface area contributed by atoms with Crippen molar-refractivity contribution in [3.63, 3.8) is 0 Å². The van der Waals surface area contributed by atoms with Crippen LogP contribution in [0.15, 0.2) is 39.5 Å². The molecule has 2 aromatic rings. The zero-order valence-corrected chi connectivity index (χ0v) is 11.0. The number of rotatable bonds is 3. The van der Waals surface area contributed by atoms with E-state index in [1.54, 1.807) is 12.5 Å². The van der Waals surface area contributed by atoms with Crippen LogP contribution in [0.25, 0.3) is 0 Å². The fourth-order valence-corrected chi connectivity index (χ4v) is 2.17. The van der Waals surface area contributed by atoms with Gasteiger partial charge in [0.05, 0.1) is 17.8 Å². The molecule has 2 aromatic heterocycles. The predicted octanol–water partition coefficient (Wildman–Crippen LogP) is 3.73. The van der Waals surface area contributed by atoms with E-state index in [0.717, 1.165) is 16.1 Å². The Morgan fingerprint density at radius 1 is 1.56 bits per heavy atom. The molecule has 5 heteroatoms. The quantitative estimate of drug-likeness (QED) is 0.865. The monoisotopic (exact) mass is 300 g/mol. The number of nitrogens with zero attached hydrogens (tertiary/aromatic N) is 2. The van der Waals surface area contributed by atoms with Gasteiger partial charge in [0.1, 0.15) is 11.6 Å². The fraction of sp³-hybridized carbons (Fsp3) is 0.182. The summed E-state index contributed by atoms with van der Waals surface area (Å²) < 4.78 is 6.14. The zero-order chi connectivity index (χ0) is 11.5. The molecule has 16 heavy (non-hydrogen) atoms. The first-order valence-electron chi connectivity index (χ1n) is 4.71. The van der Waals surface area contributed by atoms with Crippen LogP contribution in [-0.2, 0) is 6.54 Å². The van der Waals surface area contributed by atoms with E-state index in [4.69, 9.17) is 16.0 Å². The van der Waals surface area contributed by atoms with E-state index in [0.29, 0.717) is 11.6 Å². The number of anilines is 1. The fourth-order valence-electron chi connectivity index (χ4n) is 1.40. The maximum absolute atomic E-state index is 6.10. The Bertz CT molecular complexity index is 473. The SMILES string of the molecule is CN(Cc1ccco1)c1ncc(Br)cc1Cl. The Morgan fingerprint density at radius 2 is 2.38 bits per heavy atom. The zero-order valence-electron chi connectivity index (χ0n) is 8.65. The van der Waals surface area contributed by atoms with Crippen molar-refractivity contribution in [1.29, 1.82) is 0 Å². The molecule has 0 saturated carbocycles. The molecule has 2 heterocycles. The minimum atomic E-state index is 0.614. The molecule has 0 amide bonds. The molecule has 0 fully saturated rings. The Hall–Kier alpha value is -1.00. The normalized spacial score (nSPS) is 10.4. The molecule has 0 saturated heterocycles. The van der Waals surface area contributed by atoms with Crippen molar-refractivity contribution < 1.29 is 4.42 Å². The smallest absolute Gasteiger partial charge is 0.147 e. The lowest BCUT2D eigenvalue weighted by Crippen LogP contribution is -2.17. The molecule has 0 aromatic carbocycles. The molecule has 3 nitrogen and oxygen atoms in total. The van der Waals surface area contributed by atoms with Crippen molar-refractivity contribution >= 4 is 33.3 Å². The Kier molecular flexibility index (Phi) is 3.51. The van der Waals surface area contributed by atoms with Gasteiger partial charge in [0.2, 0.25) is 0 Å². The van der Waals surface area contributed by atoms with Crippen molar-refractivity contribution in [3.05, 3.63) is 45.9 Å². The minimum Gasteiger partial charge on any atom is -0.467 e. The number of halogens is 2. The third kappa shape index (κ3) is 2.57. The summed E-state index contributed by atoms with van der Waals surface area (Å²) in [5, 5.41) is 0.614. The molecule has 0 atom stereocenters. The van der Waals surface area contributed by atoms with E-state index in [2.05, 4.69) is 20.9 Å². The first kappa shape index (κ1) is 11.5. The van der Waals surface area contributed by atoms with Gasteiger partial charge in [-0.05, 0) is 34.1 Å². The van der Waals surface area contributed by atoms with Gasteiger partial charge in [-0.25, -0.2) is 4.98 Å². The van der Waals surface area contributed by atoms with Gasteiger partial charge in [-0.3, -0.25) is 0 Å².